The van der Waals surface area contributed by atoms with E-state index >= 15 is 0 Å². The highest BCUT2D eigenvalue weighted by Crippen LogP contribution is 2.44. The van der Waals surface area contributed by atoms with E-state index in [9.17, 15) is 0 Å². The molecule has 2 atom stereocenters. The molecule has 1 N–H and O–H groups in total. The maximum absolute atomic E-state index is 6.20. The molecular formula is C21H22N2O3. The SMILES string of the molecule is COc1ccc(C2OCC3c4[nH]c5ccc(OC)cc5c4CCN32)cc1. The second-order valence-electron chi connectivity index (χ2n) is 6.89. The molecular weight excluding hydrogens is 328 g/mol. The summed E-state index contributed by atoms with van der Waals surface area (Å²) in [6.07, 6.45) is 1.01. The third-order valence-corrected chi connectivity index (χ3v) is 5.61. The van der Waals surface area contributed by atoms with Crippen LogP contribution in [0.1, 0.15) is 29.1 Å². The lowest BCUT2D eigenvalue weighted by Crippen LogP contribution is -2.33. The number of nitrogens with one attached hydrogen (secondary N) is 1. The maximum Gasteiger partial charge on any atom is 0.137 e. The quantitative estimate of drug-likeness (QED) is 0.780. The van der Waals surface area contributed by atoms with E-state index in [1.165, 1.54) is 27.7 Å². The normalized spacial score (nSPS) is 22.2. The lowest BCUT2D eigenvalue weighted by atomic mass is 9.97. The Hall–Kier alpha value is -2.50. The molecule has 5 rings (SSSR count). The van der Waals surface area contributed by atoms with Gasteiger partial charge in [-0.15, -0.1) is 0 Å². The van der Waals surface area contributed by atoms with Gasteiger partial charge in [0.2, 0.25) is 0 Å². The Kier molecular flexibility index (Phi) is 3.65. The second kappa shape index (κ2) is 6.04. The van der Waals surface area contributed by atoms with E-state index in [0.29, 0.717) is 6.61 Å². The van der Waals surface area contributed by atoms with Crippen molar-refractivity contribution < 1.29 is 14.2 Å². The van der Waals surface area contributed by atoms with E-state index in [1.54, 1.807) is 14.2 Å². The molecule has 1 aromatic heterocycles. The highest BCUT2D eigenvalue weighted by Gasteiger charge is 2.41. The maximum atomic E-state index is 6.20. The van der Waals surface area contributed by atoms with Crippen molar-refractivity contribution in [2.75, 3.05) is 27.4 Å². The number of ether oxygens (including phenoxy) is 3. The van der Waals surface area contributed by atoms with Crippen LogP contribution in [0.15, 0.2) is 42.5 Å². The van der Waals surface area contributed by atoms with Gasteiger partial charge in [0.15, 0.2) is 0 Å². The van der Waals surface area contributed by atoms with Gasteiger partial charge in [-0.3, -0.25) is 4.90 Å². The molecule has 0 aliphatic carbocycles. The van der Waals surface area contributed by atoms with Gasteiger partial charge in [0.05, 0.1) is 26.9 Å². The van der Waals surface area contributed by atoms with Crippen LogP contribution in [-0.2, 0) is 11.2 Å². The number of nitrogens with zero attached hydrogens (tertiary/aromatic N) is 1. The fraction of sp³-hybridized carbons (Fsp3) is 0.333. The molecule has 0 radical (unpaired) electrons. The molecule has 0 bridgehead atoms. The van der Waals surface area contributed by atoms with E-state index < -0.39 is 0 Å². The standard InChI is InChI=1S/C21H22N2O3/c1-24-14-5-3-13(4-6-14)21-23-10-9-16-17-11-15(25-2)7-8-18(17)22-20(16)19(23)12-26-21/h3-8,11,19,21-22H,9-10,12H2,1-2H3. The van der Waals surface area contributed by atoms with Gasteiger partial charge in [0.1, 0.15) is 17.7 Å². The minimum atomic E-state index is 0.00000415. The fourth-order valence-corrected chi connectivity index (χ4v) is 4.28. The summed E-state index contributed by atoms with van der Waals surface area (Å²) < 4.78 is 16.9. The van der Waals surface area contributed by atoms with Crippen molar-refractivity contribution in [2.45, 2.75) is 18.7 Å². The van der Waals surface area contributed by atoms with Gasteiger partial charge in [0.25, 0.3) is 0 Å². The number of rotatable bonds is 3. The summed E-state index contributed by atoms with van der Waals surface area (Å²) in [4.78, 5) is 6.09. The number of benzene rings is 2. The Bertz CT molecular complexity index is 948. The minimum Gasteiger partial charge on any atom is -0.497 e. The topological polar surface area (TPSA) is 46.7 Å². The number of aromatic amines is 1. The van der Waals surface area contributed by atoms with Crippen LogP contribution in [0.3, 0.4) is 0 Å². The van der Waals surface area contributed by atoms with Crippen LogP contribution in [0.5, 0.6) is 11.5 Å². The molecule has 2 unspecified atom stereocenters. The molecule has 2 aliphatic heterocycles. The van der Waals surface area contributed by atoms with Crippen LogP contribution < -0.4 is 9.47 Å². The van der Waals surface area contributed by atoms with Gasteiger partial charge in [0, 0.05) is 23.1 Å². The van der Waals surface area contributed by atoms with Crippen molar-refractivity contribution in [3.05, 3.63) is 59.3 Å². The van der Waals surface area contributed by atoms with Gasteiger partial charge in [-0.2, -0.15) is 0 Å². The Balaban J connectivity index is 1.50. The molecule has 0 spiro atoms. The van der Waals surface area contributed by atoms with Gasteiger partial charge in [-0.1, -0.05) is 12.1 Å². The van der Waals surface area contributed by atoms with Crippen LogP contribution >= 0.6 is 0 Å². The summed E-state index contributed by atoms with van der Waals surface area (Å²) in [5, 5.41) is 1.27. The van der Waals surface area contributed by atoms with Crippen LogP contribution in [-0.4, -0.2) is 37.3 Å². The van der Waals surface area contributed by atoms with Crippen molar-refractivity contribution >= 4 is 10.9 Å². The molecule has 3 heterocycles. The smallest absolute Gasteiger partial charge is 0.137 e. The monoisotopic (exact) mass is 350 g/mol. The molecule has 1 fully saturated rings. The number of H-pyrrole nitrogens is 1. The number of fused-ring (bicyclic) bond motifs is 5. The molecule has 1 saturated heterocycles. The van der Waals surface area contributed by atoms with E-state index in [2.05, 4.69) is 34.1 Å². The molecule has 0 amide bonds. The third kappa shape index (κ3) is 2.31. The lowest BCUT2D eigenvalue weighted by molar-refractivity contribution is 0.0279. The van der Waals surface area contributed by atoms with Crippen molar-refractivity contribution in [1.29, 1.82) is 0 Å². The van der Waals surface area contributed by atoms with Crippen molar-refractivity contribution in [3.8, 4) is 11.5 Å². The van der Waals surface area contributed by atoms with Crippen molar-refractivity contribution in [3.63, 3.8) is 0 Å². The van der Waals surface area contributed by atoms with Crippen LogP contribution in [0.25, 0.3) is 10.9 Å². The number of aromatic nitrogens is 1. The molecule has 2 aromatic carbocycles. The molecule has 5 heteroatoms. The molecule has 26 heavy (non-hydrogen) atoms. The Morgan fingerprint density at radius 2 is 1.81 bits per heavy atom. The largest absolute Gasteiger partial charge is 0.497 e. The molecule has 5 nitrogen and oxygen atoms in total. The third-order valence-electron chi connectivity index (χ3n) is 5.61. The molecule has 2 aliphatic rings. The number of methoxy groups -OCH3 is 2. The van der Waals surface area contributed by atoms with Gasteiger partial charge in [-0.25, -0.2) is 0 Å². The average molecular weight is 350 g/mol. The van der Waals surface area contributed by atoms with Crippen LogP contribution in [0.2, 0.25) is 0 Å². The van der Waals surface area contributed by atoms with E-state index in [-0.39, 0.29) is 12.3 Å². The fourth-order valence-electron chi connectivity index (χ4n) is 4.28. The van der Waals surface area contributed by atoms with Gasteiger partial charge in [-0.05, 0) is 47.9 Å². The molecule has 3 aromatic rings. The predicted molar refractivity (Wildman–Crippen MR) is 99.7 cm³/mol. The zero-order valence-corrected chi connectivity index (χ0v) is 15.0. The first-order chi connectivity index (χ1) is 12.8. The summed E-state index contributed by atoms with van der Waals surface area (Å²) in [5.74, 6) is 1.77. The number of hydrogen-bond acceptors (Lipinski definition) is 4. The summed E-state index contributed by atoms with van der Waals surface area (Å²) in [5.41, 5.74) is 5.04. The molecule has 0 saturated carbocycles. The number of hydrogen-bond donors (Lipinski definition) is 1. The van der Waals surface area contributed by atoms with Gasteiger partial charge >= 0.3 is 0 Å². The average Bonchev–Trinajstić information content (AvgIpc) is 3.28. The minimum absolute atomic E-state index is 0.00000415. The van der Waals surface area contributed by atoms with E-state index in [4.69, 9.17) is 14.2 Å². The highest BCUT2D eigenvalue weighted by atomic mass is 16.5. The Morgan fingerprint density at radius 1 is 1.04 bits per heavy atom. The molecule has 134 valence electrons. The Labute approximate surface area is 152 Å². The highest BCUT2D eigenvalue weighted by molar-refractivity contribution is 5.86. The van der Waals surface area contributed by atoms with Crippen LogP contribution in [0, 0.1) is 0 Å². The summed E-state index contributed by atoms with van der Waals surface area (Å²) in [6.45, 7) is 1.69. The predicted octanol–water partition coefficient (Wildman–Crippen LogP) is 3.81. The lowest BCUT2D eigenvalue weighted by Gasteiger charge is -2.32. The first kappa shape index (κ1) is 15.7. The van der Waals surface area contributed by atoms with Crippen molar-refractivity contribution in [1.82, 2.24) is 9.88 Å². The van der Waals surface area contributed by atoms with E-state index in [0.717, 1.165) is 24.5 Å². The van der Waals surface area contributed by atoms with Crippen molar-refractivity contribution in [2.24, 2.45) is 0 Å². The second-order valence-corrected chi connectivity index (χ2v) is 6.89. The summed E-state index contributed by atoms with van der Waals surface area (Å²) in [6, 6.07) is 14.7. The van der Waals surface area contributed by atoms with Crippen LogP contribution in [0.4, 0.5) is 0 Å². The van der Waals surface area contributed by atoms with E-state index in [1.807, 2.05) is 18.2 Å². The Morgan fingerprint density at radius 3 is 2.58 bits per heavy atom. The van der Waals surface area contributed by atoms with Gasteiger partial charge < -0.3 is 19.2 Å². The summed E-state index contributed by atoms with van der Waals surface area (Å²) >= 11 is 0. The summed E-state index contributed by atoms with van der Waals surface area (Å²) in [7, 11) is 3.40. The first-order valence-electron chi connectivity index (χ1n) is 8.98. The zero-order valence-electron chi connectivity index (χ0n) is 15.0. The zero-order chi connectivity index (χ0) is 17.7. The first-order valence-corrected chi connectivity index (χ1v) is 8.98.